The lowest BCUT2D eigenvalue weighted by Crippen LogP contribution is -2.44. The van der Waals surface area contributed by atoms with Crippen molar-refractivity contribution in [3.05, 3.63) is 182 Å². The smallest absolute Gasteiger partial charge is 0.189 e. The van der Waals surface area contributed by atoms with Gasteiger partial charge in [0.1, 0.15) is 56.6 Å². The second-order valence-corrected chi connectivity index (χ2v) is 23.3. The standard InChI is InChI=1S/C58H30N2O6P2/c61-67-53-41-24-13-25-43(53)63-44-27-32-15-8-11-22-37(32)51(57(44)67)65-46-30-40-39(48(55(46)67)59(41)34-17-3-1-4-18-34)29-47-56-49(40)60(35-19-5-2-6-20-35)42-26-31-14-7-10-21-36(31)50-54(42)68(56,62)58-45(64-50)28-33-16-9-12-23-38(33)52(58)66-47/h1-30H. The summed E-state index contributed by atoms with van der Waals surface area (Å²) < 4.78 is 63.4. The number of hydrogen-bond donors (Lipinski definition) is 0. The van der Waals surface area contributed by atoms with E-state index in [0.29, 0.717) is 89.2 Å². The average molecular weight is 913 g/mol. The van der Waals surface area contributed by atoms with Gasteiger partial charge in [-0.05, 0) is 82.9 Å². The average Bonchev–Trinajstić information content (AvgIpc) is 3.36. The SMILES string of the molecule is O=P12c3c4cccc3N(c3ccccc3)c3c1c(cc1c5c6c(cc31)Oc1c3c(cc7ccccc17)Oc1c(c(cc7ccccc17)N5c1ccccc1)P36=O)Oc1c2c(cc2ccccc12)O4. The number of benzene rings is 11. The molecule has 11 aromatic rings. The summed E-state index contributed by atoms with van der Waals surface area (Å²) in [6.07, 6.45) is 0. The number of rotatable bonds is 2. The van der Waals surface area contributed by atoms with E-state index in [0.717, 1.165) is 65.8 Å². The zero-order valence-corrected chi connectivity index (χ0v) is 37.3. The molecule has 0 saturated heterocycles. The Morgan fingerprint density at radius 3 is 1.28 bits per heavy atom. The van der Waals surface area contributed by atoms with E-state index in [2.05, 4.69) is 52.3 Å². The summed E-state index contributed by atoms with van der Waals surface area (Å²) in [5.74, 6) is 4.15. The third-order valence-corrected chi connectivity index (χ3v) is 21.2. The van der Waals surface area contributed by atoms with Crippen molar-refractivity contribution in [3.63, 3.8) is 0 Å². The summed E-state index contributed by atoms with van der Waals surface area (Å²) >= 11 is 0. The van der Waals surface area contributed by atoms with Gasteiger partial charge in [0.2, 0.25) is 0 Å². The molecule has 0 bridgehead atoms. The molecular weight excluding hydrogens is 883 g/mol. The quantitative estimate of drug-likeness (QED) is 0.159. The molecule has 17 rings (SSSR count). The van der Waals surface area contributed by atoms with Crippen LogP contribution in [0, 0.1) is 0 Å². The second kappa shape index (κ2) is 12.0. The van der Waals surface area contributed by atoms with Crippen LogP contribution in [0.2, 0.25) is 0 Å². The number of hydrogen-bond acceptors (Lipinski definition) is 8. The zero-order chi connectivity index (χ0) is 44.4. The van der Waals surface area contributed by atoms with Crippen molar-refractivity contribution in [2.75, 3.05) is 9.80 Å². The van der Waals surface area contributed by atoms with Crippen molar-refractivity contribution in [2.45, 2.75) is 0 Å². The van der Waals surface area contributed by atoms with Crippen molar-refractivity contribution in [3.8, 4) is 46.0 Å². The Bertz CT molecular complexity index is 4360. The number of fused-ring (bicyclic) bond motifs is 9. The van der Waals surface area contributed by atoms with E-state index in [-0.39, 0.29) is 0 Å². The molecule has 0 aromatic heterocycles. The van der Waals surface area contributed by atoms with Crippen molar-refractivity contribution in [1.29, 1.82) is 0 Å². The van der Waals surface area contributed by atoms with E-state index < -0.39 is 14.3 Å². The molecule has 11 aromatic carbocycles. The first kappa shape index (κ1) is 35.9. The molecule has 6 aliphatic heterocycles. The maximum atomic E-state index is 17.6. The van der Waals surface area contributed by atoms with Crippen LogP contribution < -0.4 is 60.6 Å². The minimum absolute atomic E-state index is 0.469. The highest BCUT2D eigenvalue weighted by molar-refractivity contribution is 7.87. The maximum Gasteiger partial charge on any atom is 0.189 e. The molecule has 2 unspecified atom stereocenters. The van der Waals surface area contributed by atoms with Crippen LogP contribution in [0.1, 0.15) is 0 Å². The molecular formula is C58H30N2O6P2. The first-order valence-corrected chi connectivity index (χ1v) is 26.0. The Kier molecular flexibility index (Phi) is 6.33. The minimum atomic E-state index is -3.85. The number of nitrogens with zero attached hydrogens (tertiary/aromatic N) is 2. The van der Waals surface area contributed by atoms with Crippen LogP contribution in [0.15, 0.2) is 182 Å². The van der Waals surface area contributed by atoms with Crippen LogP contribution in [0.4, 0.5) is 34.1 Å². The Labute approximate surface area is 387 Å². The first-order chi connectivity index (χ1) is 33.5. The van der Waals surface area contributed by atoms with Crippen molar-refractivity contribution in [1.82, 2.24) is 0 Å². The molecule has 0 fully saturated rings. The summed E-state index contributed by atoms with van der Waals surface area (Å²) in [6.45, 7) is 0. The van der Waals surface area contributed by atoms with Gasteiger partial charge in [-0.2, -0.15) is 0 Å². The summed E-state index contributed by atoms with van der Waals surface area (Å²) in [6, 6.07) is 60.8. The fraction of sp³-hybridized carbons (Fsp3) is 0. The van der Waals surface area contributed by atoms with Gasteiger partial charge in [-0.15, -0.1) is 0 Å². The fourth-order valence-electron chi connectivity index (χ4n) is 12.2. The monoisotopic (exact) mass is 912 g/mol. The molecule has 2 atom stereocenters. The van der Waals surface area contributed by atoms with Gasteiger partial charge in [-0.25, -0.2) is 0 Å². The lowest BCUT2D eigenvalue weighted by molar-refractivity contribution is 0.465. The highest BCUT2D eigenvalue weighted by atomic mass is 31.2. The molecule has 10 heteroatoms. The third kappa shape index (κ3) is 4.03. The van der Waals surface area contributed by atoms with Gasteiger partial charge in [0.15, 0.2) is 14.3 Å². The highest BCUT2D eigenvalue weighted by Gasteiger charge is 2.58. The van der Waals surface area contributed by atoms with E-state index in [4.69, 9.17) is 18.9 Å². The van der Waals surface area contributed by atoms with E-state index in [1.54, 1.807) is 0 Å². The van der Waals surface area contributed by atoms with Crippen LogP contribution in [-0.2, 0) is 9.13 Å². The van der Waals surface area contributed by atoms with Gasteiger partial charge in [0.05, 0.1) is 44.0 Å². The largest absolute Gasteiger partial charge is 0.455 e. The lowest BCUT2D eigenvalue weighted by Gasteiger charge is -2.46. The predicted octanol–water partition coefficient (Wildman–Crippen LogP) is 13.6. The summed E-state index contributed by atoms with van der Waals surface area (Å²) in [4.78, 5) is 4.43. The first-order valence-electron chi connectivity index (χ1n) is 22.6. The normalized spacial score (nSPS) is 18.6. The van der Waals surface area contributed by atoms with Crippen LogP contribution in [0.5, 0.6) is 46.0 Å². The van der Waals surface area contributed by atoms with Crippen LogP contribution in [-0.4, -0.2) is 0 Å². The van der Waals surface area contributed by atoms with Gasteiger partial charge in [-0.1, -0.05) is 115 Å². The summed E-state index contributed by atoms with van der Waals surface area (Å²) in [5.41, 5.74) is 4.65. The van der Waals surface area contributed by atoms with Crippen molar-refractivity contribution in [2.24, 2.45) is 0 Å². The maximum absolute atomic E-state index is 17.6. The van der Waals surface area contributed by atoms with Crippen molar-refractivity contribution >= 4 is 123 Å². The van der Waals surface area contributed by atoms with E-state index >= 15 is 9.13 Å². The van der Waals surface area contributed by atoms with Gasteiger partial charge in [-0.3, -0.25) is 0 Å². The van der Waals surface area contributed by atoms with Crippen LogP contribution in [0.3, 0.4) is 0 Å². The van der Waals surface area contributed by atoms with Crippen LogP contribution >= 0.6 is 14.3 Å². The highest BCUT2D eigenvalue weighted by Crippen LogP contribution is 2.71. The molecule has 0 N–H and O–H groups in total. The molecule has 318 valence electrons. The summed E-state index contributed by atoms with van der Waals surface area (Å²) in [7, 11) is -7.62. The zero-order valence-electron chi connectivity index (χ0n) is 35.6. The molecule has 0 radical (unpaired) electrons. The molecule has 0 saturated carbocycles. The van der Waals surface area contributed by atoms with Gasteiger partial charge < -0.3 is 37.9 Å². The Hall–Kier alpha value is -8.28. The van der Waals surface area contributed by atoms with Gasteiger partial charge in [0.25, 0.3) is 0 Å². The molecule has 8 nitrogen and oxygen atoms in total. The van der Waals surface area contributed by atoms with E-state index in [1.807, 2.05) is 140 Å². The summed E-state index contributed by atoms with van der Waals surface area (Å²) in [5, 5.41) is 10.4. The topological polar surface area (TPSA) is 77.5 Å². The van der Waals surface area contributed by atoms with Gasteiger partial charge >= 0.3 is 0 Å². The molecule has 6 aliphatic rings. The number of anilines is 6. The molecule has 68 heavy (non-hydrogen) atoms. The van der Waals surface area contributed by atoms with E-state index in [1.165, 1.54) is 0 Å². The Morgan fingerprint density at radius 2 is 0.735 bits per heavy atom. The van der Waals surface area contributed by atoms with Crippen molar-refractivity contribution < 1.29 is 28.1 Å². The Morgan fingerprint density at radius 1 is 0.309 bits per heavy atom. The minimum Gasteiger partial charge on any atom is -0.455 e. The number of ether oxygens (including phenoxy) is 4. The molecule has 0 amide bonds. The van der Waals surface area contributed by atoms with E-state index in [9.17, 15) is 0 Å². The fourth-order valence-corrected chi connectivity index (χ4v) is 19.0. The molecule has 6 heterocycles. The predicted molar refractivity (Wildman–Crippen MR) is 272 cm³/mol. The Balaban J connectivity index is 1.10. The van der Waals surface area contributed by atoms with Crippen LogP contribution in [0.25, 0.3) is 43.1 Å². The van der Waals surface area contributed by atoms with Gasteiger partial charge in [0, 0.05) is 38.3 Å². The molecule has 0 spiro atoms. The second-order valence-electron chi connectivity index (χ2n) is 18.2. The number of para-hydroxylation sites is 2. The molecule has 0 aliphatic carbocycles. The third-order valence-electron chi connectivity index (χ3n) is 14.8. The lowest BCUT2D eigenvalue weighted by atomic mass is 9.99.